The van der Waals surface area contributed by atoms with Crippen LogP contribution in [0.1, 0.15) is 18.5 Å². The minimum Gasteiger partial charge on any atom is -0.394 e. The molecule has 0 radical (unpaired) electrons. The highest BCUT2D eigenvalue weighted by atomic mass is 35.5. The van der Waals surface area contributed by atoms with Crippen LogP contribution in [-0.4, -0.2) is 17.0 Å². The molecule has 2 aromatic rings. The zero-order valence-electron chi connectivity index (χ0n) is 10.3. The van der Waals surface area contributed by atoms with E-state index < -0.39 is 0 Å². The fourth-order valence-electron chi connectivity index (χ4n) is 1.78. The van der Waals surface area contributed by atoms with E-state index in [4.69, 9.17) is 17.3 Å². The molecule has 0 saturated carbocycles. The van der Waals surface area contributed by atoms with Gasteiger partial charge < -0.3 is 10.6 Å². The molecule has 0 fully saturated rings. The van der Waals surface area contributed by atoms with Crippen LogP contribution >= 0.6 is 11.6 Å². The molecule has 1 heterocycles. The zero-order chi connectivity index (χ0) is 13.1. The van der Waals surface area contributed by atoms with Crippen molar-refractivity contribution < 1.29 is 0 Å². The second kappa shape index (κ2) is 5.23. The highest BCUT2D eigenvalue weighted by Gasteiger charge is 2.15. The molecule has 94 valence electrons. The third-order valence-electron chi connectivity index (χ3n) is 2.99. The van der Waals surface area contributed by atoms with E-state index in [9.17, 15) is 0 Å². The number of nitrogens with two attached hydrogens (primary N) is 1. The average Bonchev–Trinajstić information content (AvgIpc) is 2.38. The first-order chi connectivity index (χ1) is 8.59. The Morgan fingerprint density at radius 3 is 2.56 bits per heavy atom. The molecule has 18 heavy (non-hydrogen) atoms. The molecule has 0 amide bonds. The number of benzene rings is 1. The molecule has 0 spiro atoms. The van der Waals surface area contributed by atoms with Crippen molar-refractivity contribution in [3.05, 3.63) is 47.4 Å². The van der Waals surface area contributed by atoms with Crippen LogP contribution in [0.3, 0.4) is 0 Å². The summed E-state index contributed by atoms with van der Waals surface area (Å²) in [5.41, 5.74) is 7.60. The van der Waals surface area contributed by atoms with Crippen molar-refractivity contribution in [2.45, 2.75) is 13.0 Å². The summed E-state index contributed by atoms with van der Waals surface area (Å²) >= 11 is 5.88. The van der Waals surface area contributed by atoms with E-state index in [0.717, 1.165) is 16.4 Å². The van der Waals surface area contributed by atoms with Crippen molar-refractivity contribution in [1.29, 1.82) is 0 Å². The van der Waals surface area contributed by atoms with Crippen LogP contribution in [0.5, 0.6) is 0 Å². The number of nitrogen functional groups attached to an aromatic ring is 1. The Kier molecular flexibility index (Phi) is 3.67. The maximum atomic E-state index is 5.88. The van der Waals surface area contributed by atoms with E-state index in [2.05, 4.69) is 16.9 Å². The summed E-state index contributed by atoms with van der Waals surface area (Å²) in [7, 11) is 1.96. The molecule has 1 aromatic heterocycles. The standard InChI is InChI=1S/C13H15ClN4/c1-9(10-3-5-11(14)6-4-10)18(2)13-12(15)7-16-8-17-13/h3-9H,15H2,1-2H3. The summed E-state index contributed by atoms with van der Waals surface area (Å²) in [6.45, 7) is 2.09. The lowest BCUT2D eigenvalue weighted by atomic mass is 10.1. The number of nitrogens with zero attached hydrogens (tertiary/aromatic N) is 3. The topological polar surface area (TPSA) is 55.0 Å². The minimum atomic E-state index is 0.152. The van der Waals surface area contributed by atoms with Crippen molar-refractivity contribution in [2.75, 3.05) is 17.7 Å². The highest BCUT2D eigenvalue weighted by Crippen LogP contribution is 2.27. The Balaban J connectivity index is 2.26. The molecule has 0 bridgehead atoms. The van der Waals surface area contributed by atoms with Crippen LogP contribution in [0.25, 0.3) is 0 Å². The van der Waals surface area contributed by atoms with Gasteiger partial charge in [-0.3, -0.25) is 0 Å². The lowest BCUT2D eigenvalue weighted by Gasteiger charge is -2.27. The van der Waals surface area contributed by atoms with Crippen molar-refractivity contribution in [1.82, 2.24) is 9.97 Å². The van der Waals surface area contributed by atoms with E-state index in [1.807, 2.05) is 36.2 Å². The first kappa shape index (κ1) is 12.6. The lowest BCUT2D eigenvalue weighted by Crippen LogP contribution is -2.23. The van der Waals surface area contributed by atoms with Gasteiger partial charge in [-0.25, -0.2) is 9.97 Å². The van der Waals surface area contributed by atoms with Crippen molar-refractivity contribution >= 4 is 23.1 Å². The molecule has 1 aromatic carbocycles. The average molecular weight is 263 g/mol. The quantitative estimate of drug-likeness (QED) is 0.924. The van der Waals surface area contributed by atoms with Crippen LogP contribution in [0, 0.1) is 0 Å². The molecule has 2 rings (SSSR count). The van der Waals surface area contributed by atoms with Gasteiger partial charge in [-0.15, -0.1) is 0 Å². The maximum Gasteiger partial charge on any atom is 0.155 e. The first-order valence-electron chi connectivity index (χ1n) is 5.63. The van der Waals surface area contributed by atoms with Crippen LogP contribution in [0.2, 0.25) is 5.02 Å². The zero-order valence-corrected chi connectivity index (χ0v) is 11.1. The number of aromatic nitrogens is 2. The molecule has 0 aliphatic heterocycles. The first-order valence-corrected chi connectivity index (χ1v) is 6.01. The van der Waals surface area contributed by atoms with E-state index in [-0.39, 0.29) is 6.04 Å². The molecule has 1 unspecified atom stereocenters. The number of anilines is 2. The minimum absolute atomic E-state index is 0.152. The molecular formula is C13H15ClN4. The molecule has 4 nitrogen and oxygen atoms in total. The van der Waals surface area contributed by atoms with Gasteiger partial charge in [-0.1, -0.05) is 23.7 Å². The van der Waals surface area contributed by atoms with Gasteiger partial charge in [-0.05, 0) is 24.6 Å². The fourth-order valence-corrected chi connectivity index (χ4v) is 1.90. The van der Waals surface area contributed by atoms with Crippen molar-refractivity contribution in [3.8, 4) is 0 Å². The van der Waals surface area contributed by atoms with E-state index in [1.165, 1.54) is 6.33 Å². The van der Waals surface area contributed by atoms with Gasteiger partial charge in [0.05, 0.1) is 17.9 Å². The SMILES string of the molecule is CC(c1ccc(Cl)cc1)N(C)c1ncncc1N. The van der Waals surface area contributed by atoms with Gasteiger partial charge in [-0.2, -0.15) is 0 Å². The van der Waals surface area contributed by atoms with Crippen molar-refractivity contribution in [3.63, 3.8) is 0 Å². The van der Waals surface area contributed by atoms with Gasteiger partial charge in [0.25, 0.3) is 0 Å². The van der Waals surface area contributed by atoms with Crippen LogP contribution in [0.15, 0.2) is 36.8 Å². The van der Waals surface area contributed by atoms with Gasteiger partial charge in [0, 0.05) is 12.1 Å². The molecule has 0 aliphatic rings. The second-order valence-corrected chi connectivity index (χ2v) is 4.58. The number of hydrogen-bond acceptors (Lipinski definition) is 4. The summed E-state index contributed by atoms with van der Waals surface area (Å²) in [6, 6.07) is 7.91. The third-order valence-corrected chi connectivity index (χ3v) is 3.24. The Morgan fingerprint density at radius 2 is 1.94 bits per heavy atom. The Labute approximate surface area is 111 Å². The molecule has 5 heteroatoms. The molecular weight excluding hydrogens is 248 g/mol. The Bertz CT molecular complexity index is 527. The summed E-state index contributed by atoms with van der Waals surface area (Å²) < 4.78 is 0. The predicted octanol–water partition coefficient (Wildman–Crippen LogP) is 2.91. The van der Waals surface area contributed by atoms with Crippen molar-refractivity contribution in [2.24, 2.45) is 0 Å². The summed E-state index contributed by atoms with van der Waals surface area (Å²) in [4.78, 5) is 10.1. The Morgan fingerprint density at radius 1 is 1.28 bits per heavy atom. The molecule has 0 aliphatic carbocycles. The largest absolute Gasteiger partial charge is 0.394 e. The number of rotatable bonds is 3. The van der Waals surface area contributed by atoms with Gasteiger partial charge in [0.1, 0.15) is 6.33 Å². The predicted molar refractivity (Wildman–Crippen MR) is 74.7 cm³/mol. The van der Waals surface area contributed by atoms with Gasteiger partial charge in [0.15, 0.2) is 5.82 Å². The lowest BCUT2D eigenvalue weighted by molar-refractivity contribution is 0.728. The maximum absolute atomic E-state index is 5.88. The van der Waals surface area contributed by atoms with E-state index in [0.29, 0.717) is 5.69 Å². The number of hydrogen-bond donors (Lipinski definition) is 1. The van der Waals surface area contributed by atoms with Gasteiger partial charge in [0.2, 0.25) is 0 Å². The summed E-state index contributed by atoms with van der Waals surface area (Å²) in [6.07, 6.45) is 3.10. The fraction of sp³-hybridized carbons (Fsp3) is 0.231. The summed E-state index contributed by atoms with van der Waals surface area (Å²) in [5, 5.41) is 0.732. The monoisotopic (exact) mass is 262 g/mol. The molecule has 1 atom stereocenters. The number of halogens is 1. The van der Waals surface area contributed by atoms with Gasteiger partial charge >= 0.3 is 0 Å². The van der Waals surface area contributed by atoms with E-state index in [1.54, 1.807) is 6.20 Å². The molecule has 2 N–H and O–H groups in total. The summed E-state index contributed by atoms with van der Waals surface area (Å²) in [5.74, 6) is 0.729. The Hall–Kier alpha value is -1.81. The van der Waals surface area contributed by atoms with Crippen LogP contribution in [-0.2, 0) is 0 Å². The third kappa shape index (κ3) is 2.54. The highest BCUT2D eigenvalue weighted by molar-refractivity contribution is 6.30. The second-order valence-electron chi connectivity index (χ2n) is 4.14. The molecule has 0 saturated heterocycles. The smallest absolute Gasteiger partial charge is 0.155 e. The van der Waals surface area contributed by atoms with E-state index >= 15 is 0 Å². The van der Waals surface area contributed by atoms with Crippen LogP contribution < -0.4 is 10.6 Å². The normalized spacial score (nSPS) is 12.2. The van der Waals surface area contributed by atoms with Crippen LogP contribution in [0.4, 0.5) is 11.5 Å².